The topological polar surface area (TPSA) is 96.0 Å². The maximum absolute atomic E-state index is 14.5. The van der Waals surface area contributed by atoms with Crippen LogP contribution in [0.1, 0.15) is 24.5 Å². The van der Waals surface area contributed by atoms with Crippen molar-refractivity contribution >= 4 is 55.1 Å². The average molecular weight is 713 g/mol. The molecule has 236 valence electrons. The number of halogens is 2. The number of hydrogen-bond acceptors (Lipinski definition) is 5. The fourth-order valence-corrected chi connectivity index (χ4v) is 6.71. The Morgan fingerprint density at radius 1 is 0.911 bits per heavy atom. The molecular formula is C34H35BrClN3O5S. The number of anilines is 1. The predicted molar refractivity (Wildman–Crippen MR) is 181 cm³/mol. The lowest BCUT2D eigenvalue weighted by Gasteiger charge is -2.34. The zero-order valence-electron chi connectivity index (χ0n) is 25.0. The summed E-state index contributed by atoms with van der Waals surface area (Å²) in [5.74, 6) is -0.524. The summed E-state index contributed by atoms with van der Waals surface area (Å²) in [7, 11) is -2.78. The van der Waals surface area contributed by atoms with Crippen molar-refractivity contribution in [2.24, 2.45) is 0 Å². The Balaban J connectivity index is 1.81. The Morgan fingerprint density at radius 3 is 2.16 bits per heavy atom. The number of benzene rings is 4. The normalized spacial score (nSPS) is 11.8. The summed E-state index contributed by atoms with van der Waals surface area (Å²) >= 11 is 9.87. The lowest BCUT2D eigenvalue weighted by Crippen LogP contribution is -2.53. The molecule has 0 aromatic heterocycles. The molecule has 4 aromatic rings. The first kappa shape index (κ1) is 34.0. The van der Waals surface area contributed by atoms with E-state index in [1.54, 1.807) is 24.3 Å². The summed E-state index contributed by atoms with van der Waals surface area (Å²) < 4.78 is 35.3. The first-order valence-electron chi connectivity index (χ1n) is 14.4. The number of carbonyl (C=O) groups is 2. The number of ether oxygens (including phenoxy) is 1. The zero-order chi connectivity index (χ0) is 32.4. The fraction of sp³-hybridized carbons (Fsp3) is 0.235. The molecule has 0 fully saturated rings. The van der Waals surface area contributed by atoms with E-state index in [0.29, 0.717) is 18.7 Å². The highest BCUT2D eigenvalue weighted by Crippen LogP contribution is 2.32. The Kier molecular flexibility index (Phi) is 12.0. The van der Waals surface area contributed by atoms with Gasteiger partial charge in [-0.1, -0.05) is 95.1 Å². The average Bonchev–Trinajstić information content (AvgIpc) is 3.05. The zero-order valence-corrected chi connectivity index (χ0v) is 28.2. The van der Waals surface area contributed by atoms with Crippen LogP contribution in [0.5, 0.6) is 5.75 Å². The van der Waals surface area contributed by atoms with Gasteiger partial charge >= 0.3 is 0 Å². The monoisotopic (exact) mass is 711 g/mol. The van der Waals surface area contributed by atoms with E-state index in [0.717, 1.165) is 19.9 Å². The van der Waals surface area contributed by atoms with Gasteiger partial charge in [0.15, 0.2) is 0 Å². The molecule has 0 bridgehead atoms. The highest BCUT2D eigenvalue weighted by atomic mass is 79.9. The smallest absolute Gasteiger partial charge is 0.264 e. The number of carbonyl (C=O) groups excluding carboxylic acids is 2. The molecular weight excluding hydrogens is 678 g/mol. The third-order valence-corrected chi connectivity index (χ3v) is 9.73. The van der Waals surface area contributed by atoms with Gasteiger partial charge in [0.05, 0.1) is 22.7 Å². The second-order valence-electron chi connectivity index (χ2n) is 10.3. The Bertz CT molecular complexity index is 1690. The molecule has 0 saturated heterocycles. The molecule has 0 spiro atoms. The van der Waals surface area contributed by atoms with Crippen molar-refractivity contribution in [1.29, 1.82) is 0 Å². The van der Waals surface area contributed by atoms with Gasteiger partial charge in [-0.05, 0) is 60.0 Å². The number of nitrogens with zero attached hydrogens (tertiary/aromatic N) is 2. The summed E-state index contributed by atoms with van der Waals surface area (Å²) in [6.45, 7) is 1.88. The third kappa shape index (κ3) is 8.87. The van der Waals surface area contributed by atoms with Crippen molar-refractivity contribution in [3.05, 3.63) is 124 Å². The second-order valence-corrected chi connectivity index (χ2v) is 13.5. The maximum Gasteiger partial charge on any atom is 0.264 e. The Morgan fingerprint density at radius 2 is 1.56 bits per heavy atom. The maximum atomic E-state index is 14.5. The van der Waals surface area contributed by atoms with E-state index in [1.807, 2.05) is 61.5 Å². The number of methoxy groups -OCH3 is 1. The standard InChI is InChI=1S/C34H35BrClN3O5S/c1-3-20-37-34(41)31(21-25-10-6-4-7-11-25)38(23-26-14-16-27(35)17-15-26)33(40)24-39(28-18-19-32(44-2)30(36)22-28)45(42,43)29-12-8-5-9-13-29/h4-19,22,31H,3,20-21,23-24H2,1-2H3,(H,37,41). The van der Waals surface area contributed by atoms with E-state index in [2.05, 4.69) is 21.2 Å². The molecule has 1 atom stereocenters. The lowest BCUT2D eigenvalue weighted by atomic mass is 10.0. The van der Waals surface area contributed by atoms with Gasteiger partial charge in [0, 0.05) is 24.0 Å². The van der Waals surface area contributed by atoms with Crippen LogP contribution in [0, 0.1) is 0 Å². The lowest BCUT2D eigenvalue weighted by molar-refractivity contribution is -0.140. The number of hydrogen-bond donors (Lipinski definition) is 1. The van der Waals surface area contributed by atoms with Gasteiger partial charge in [-0.25, -0.2) is 8.42 Å². The highest BCUT2D eigenvalue weighted by Gasteiger charge is 2.34. The fourth-order valence-electron chi connectivity index (χ4n) is 4.77. The minimum atomic E-state index is -4.24. The second kappa shape index (κ2) is 15.9. The van der Waals surface area contributed by atoms with Gasteiger partial charge in [-0.3, -0.25) is 13.9 Å². The molecule has 0 saturated carbocycles. The molecule has 0 radical (unpaired) electrons. The molecule has 8 nitrogen and oxygen atoms in total. The largest absolute Gasteiger partial charge is 0.495 e. The van der Waals surface area contributed by atoms with Crippen molar-refractivity contribution in [2.45, 2.75) is 37.2 Å². The summed E-state index contributed by atoms with van der Waals surface area (Å²) in [6.07, 6.45) is 0.949. The van der Waals surface area contributed by atoms with Crippen molar-refractivity contribution in [3.8, 4) is 5.75 Å². The molecule has 0 aliphatic rings. The van der Waals surface area contributed by atoms with Crippen LogP contribution in [0.3, 0.4) is 0 Å². The summed E-state index contributed by atoms with van der Waals surface area (Å²) in [4.78, 5) is 29.6. The molecule has 0 aliphatic carbocycles. The van der Waals surface area contributed by atoms with E-state index >= 15 is 0 Å². The number of nitrogens with one attached hydrogen (secondary N) is 1. The van der Waals surface area contributed by atoms with Crippen molar-refractivity contribution in [3.63, 3.8) is 0 Å². The molecule has 45 heavy (non-hydrogen) atoms. The quantitative estimate of drug-likeness (QED) is 0.162. The van der Waals surface area contributed by atoms with Crippen LogP contribution in [-0.2, 0) is 32.6 Å². The van der Waals surface area contributed by atoms with Gasteiger partial charge in [0.2, 0.25) is 11.8 Å². The van der Waals surface area contributed by atoms with E-state index < -0.39 is 28.5 Å². The molecule has 0 heterocycles. The van der Waals surface area contributed by atoms with Crippen LogP contribution < -0.4 is 14.4 Å². The number of amides is 2. The summed E-state index contributed by atoms with van der Waals surface area (Å²) in [5, 5.41) is 3.12. The van der Waals surface area contributed by atoms with E-state index in [9.17, 15) is 18.0 Å². The van der Waals surface area contributed by atoms with Gasteiger partial charge in [-0.2, -0.15) is 0 Å². The molecule has 4 rings (SSSR count). The van der Waals surface area contributed by atoms with Crippen LogP contribution >= 0.6 is 27.5 Å². The van der Waals surface area contributed by atoms with Crippen molar-refractivity contribution < 1.29 is 22.7 Å². The van der Waals surface area contributed by atoms with Crippen LogP contribution in [0.2, 0.25) is 5.02 Å². The molecule has 4 aromatic carbocycles. The molecule has 1 N–H and O–H groups in total. The summed E-state index contributed by atoms with van der Waals surface area (Å²) in [5.41, 5.74) is 1.81. The van der Waals surface area contributed by atoms with Crippen LogP contribution in [0.25, 0.3) is 0 Å². The number of rotatable bonds is 14. The van der Waals surface area contributed by atoms with Crippen molar-refractivity contribution in [1.82, 2.24) is 10.2 Å². The van der Waals surface area contributed by atoms with E-state index in [1.165, 1.54) is 36.3 Å². The van der Waals surface area contributed by atoms with Crippen LogP contribution in [0.4, 0.5) is 5.69 Å². The molecule has 11 heteroatoms. The third-order valence-electron chi connectivity index (χ3n) is 7.12. The first-order chi connectivity index (χ1) is 21.6. The Hall–Kier alpha value is -3.86. The van der Waals surface area contributed by atoms with Gasteiger partial charge in [0.1, 0.15) is 18.3 Å². The highest BCUT2D eigenvalue weighted by molar-refractivity contribution is 9.10. The first-order valence-corrected chi connectivity index (χ1v) is 17.0. The van der Waals surface area contributed by atoms with Crippen LogP contribution in [0.15, 0.2) is 112 Å². The van der Waals surface area contributed by atoms with E-state index in [-0.39, 0.29) is 34.5 Å². The minimum absolute atomic E-state index is 0.00530. The van der Waals surface area contributed by atoms with E-state index in [4.69, 9.17) is 16.3 Å². The summed E-state index contributed by atoms with van der Waals surface area (Å²) in [6, 6.07) is 28.3. The molecule has 2 amide bonds. The Labute approximate surface area is 278 Å². The minimum Gasteiger partial charge on any atom is -0.495 e. The SMILES string of the molecule is CCCNC(=O)C(Cc1ccccc1)N(Cc1ccc(Br)cc1)C(=O)CN(c1ccc(OC)c(Cl)c1)S(=O)(=O)c1ccccc1. The van der Waals surface area contributed by atoms with Crippen LogP contribution in [-0.4, -0.2) is 51.4 Å². The van der Waals surface area contributed by atoms with Gasteiger partial charge in [-0.15, -0.1) is 0 Å². The van der Waals surface area contributed by atoms with Gasteiger partial charge < -0.3 is 15.0 Å². The van der Waals surface area contributed by atoms with Crippen molar-refractivity contribution in [2.75, 3.05) is 24.5 Å². The number of sulfonamides is 1. The van der Waals surface area contributed by atoms with Gasteiger partial charge in [0.25, 0.3) is 10.0 Å². The molecule has 1 unspecified atom stereocenters. The predicted octanol–water partition coefficient (Wildman–Crippen LogP) is 6.47. The molecule has 0 aliphatic heterocycles.